The van der Waals surface area contributed by atoms with Crippen molar-refractivity contribution in [2.75, 3.05) is 11.4 Å². The first-order valence-electron chi connectivity index (χ1n) is 5.32. The van der Waals surface area contributed by atoms with E-state index in [9.17, 15) is 23.2 Å². The van der Waals surface area contributed by atoms with Crippen LogP contribution in [0.15, 0.2) is 12.1 Å². The van der Waals surface area contributed by atoms with Crippen molar-refractivity contribution in [2.45, 2.75) is 13.3 Å². The number of amides is 1. The maximum atomic E-state index is 13.6. The van der Waals surface area contributed by atoms with Gasteiger partial charge >= 0.3 is 0 Å². The lowest BCUT2D eigenvalue weighted by Crippen LogP contribution is -2.34. The fraction of sp³-hybridized carbons (Fsp3) is 0.250. The normalized spacial score (nSPS) is 14.1. The van der Waals surface area contributed by atoms with Gasteiger partial charge in [0.15, 0.2) is 11.6 Å². The molecule has 2 rings (SSSR count). The first-order valence-corrected chi connectivity index (χ1v) is 5.32. The van der Waals surface area contributed by atoms with E-state index in [4.69, 9.17) is 0 Å². The third-order valence-corrected chi connectivity index (χ3v) is 2.71. The van der Waals surface area contributed by atoms with E-state index in [0.29, 0.717) is 6.07 Å². The van der Waals surface area contributed by atoms with Crippen molar-refractivity contribution in [3.63, 3.8) is 0 Å². The van der Waals surface area contributed by atoms with Crippen LogP contribution >= 0.6 is 0 Å². The summed E-state index contributed by atoms with van der Waals surface area (Å²) in [5.41, 5.74) is -0.644. The predicted octanol–water partition coefficient (Wildman–Crippen LogP) is 1.47. The third-order valence-electron chi connectivity index (χ3n) is 2.71. The Hall–Kier alpha value is -2.11. The summed E-state index contributed by atoms with van der Waals surface area (Å²) in [7, 11) is 0. The van der Waals surface area contributed by atoms with Crippen LogP contribution in [0.25, 0.3) is 0 Å². The van der Waals surface area contributed by atoms with Gasteiger partial charge in [-0.3, -0.25) is 19.3 Å². The Morgan fingerprint density at radius 2 is 1.94 bits per heavy atom. The molecule has 1 heterocycles. The van der Waals surface area contributed by atoms with Crippen molar-refractivity contribution in [3.8, 4) is 0 Å². The maximum Gasteiger partial charge on any atom is 0.299 e. The molecule has 0 aliphatic carbocycles. The highest BCUT2D eigenvalue weighted by atomic mass is 19.1. The molecule has 0 saturated heterocycles. The summed E-state index contributed by atoms with van der Waals surface area (Å²) >= 11 is 0. The number of rotatable bonds is 3. The zero-order valence-corrected chi connectivity index (χ0v) is 9.50. The number of hydrogen-bond acceptors (Lipinski definition) is 3. The van der Waals surface area contributed by atoms with E-state index in [1.165, 1.54) is 0 Å². The molecule has 0 unspecified atom stereocenters. The van der Waals surface area contributed by atoms with E-state index in [2.05, 4.69) is 0 Å². The Kier molecular flexibility index (Phi) is 2.94. The third kappa shape index (κ3) is 1.79. The number of carbonyl (C=O) groups is 3. The molecule has 0 fully saturated rings. The van der Waals surface area contributed by atoms with Gasteiger partial charge in [-0.15, -0.1) is 0 Å². The lowest BCUT2D eigenvalue weighted by molar-refractivity contribution is -0.120. The smallest absolute Gasteiger partial charge is 0.298 e. The molecule has 0 bridgehead atoms. The van der Waals surface area contributed by atoms with Gasteiger partial charge in [0.2, 0.25) is 0 Å². The van der Waals surface area contributed by atoms with Crippen LogP contribution in [0.2, 0.25) is 0 Å². The molecule has 0 atom stereocenters. The molecular weight excluding hydrogens is 244 g/mol. The van der Waals surface area contributed by atoms with Crippen LogP contribution in [0.1, 0.15) is 23.7 Å². The van der Waals surface area contributed by atoms with E-state index in [-0.39, 0.29) is 30.0 Å². The lowest BCUT2D eigenvalue weighted by Gasteiger charge is -2.15. The van der Waals surface area contributed by atoms with E-state index in [0.717, 1.165) is 11.0 Å². The molecule has 1 aliphatic rings. The summed E-state index contributed by atoms with van der Waals surface area (Å²) in [6, 6.07) is 1.38. The topological polar surface area (TPSA) is 54.5 Å². The van der Waals surface area contributed by atoms with E-state index < -0.39 is 23.3 Å². The van der Waals surface area contributed by atoms with Crippen molar-refractivity contribution in [3.05, 3.63) is 29.3 Å². The summed E-state index contributed by atoms with van der Waals surface area (Å²) in [6.07, 6.45) is 0.163. The highest BCUT2D eigenvalue weighted by molar-refractivity contribution is 6.52. The summed E-state index contributed by atoms with van der Waals surface area (Å²) in [6.45, 7) is 1.21. The van der Waals surface area contributed by atoms with Gasteiger partial charge in [0.05, 0.1) is 17.8 Å². The first-order chi connectivity index (χ1) is 8.45. The maximum absolute atomic E-state index is 13.6. The van der Waals surface area contributed by atoms with Crippen LogP contribution in [-0.2, 0) is 9.59 Å². The van der Waals surface area contributed by atoms with Crippen molar-refractivity contribution in [1.29, 1.82) is 0 Å². The highest BCUT2D eigenvalue weighted by Gasteiger charge is 2.39. The Morgan fingerprint density at radius 3 is 2.56 bits per heavy atom. The van der Waals surface area contributed by atoms with Crippen molar-refractivity contribution >= 4 is 23.2 Å². The minimum atomic E-state index is -1.02. The van der Waals surface area contributed by atoms with E-state index in [1.54, 1.807) is 6.92 Å². The molecule has 94 valence electrons. The van der Waals surface area contributed by atoms with Crippen LogP contribution in [0.4, 0.5) is 14.5 Å². The molecule has 0 N–H and O–H groups in total. The van der Waals surface area contributed by atoms with Crippen LogP contribution < -0.4 is 4.90 Å². The number of carbonyl (C=O) groups excluding carboxylic acids is 3. The Balaban J connectivity index is 2.51. The molecule has 4 nitrogen and oxygen atoms in total. The standard InChI is InChI=1S/C12H9F2NO3/c1-2-7(16)5-15-10-8(11(17)12(15)18)3-6(13)4-9(10)14/h3-4H,2,5H2,1H3. The zero-order chi connectivity index (χ0) is 13.4. The number of nitrogens with zero attached hydrogens (tertiary/aromatic N) is 1. The average Bonchev–Trinajstić information content (AvgIpc) is 2.54. The second kappa shape index (κ2) is 4.29. The lowest BCUT2D eigenvalue weighted by atomic mass is 10.1. The Bertz CT molecular complexity index is 569. The fourth-order valence-electron chi connectivity index (χ4n) is 1.79. The molecule has 0 radical (unpaired) electrons. The zero-order valence-electron chi connectivity index (χ0n) is 9.50. The largest absolute Gasteiger partial charge is 0.299 e. The number of benzene rings is 1. The molecule has 6 heteroatoms. The number of hydrogen-bond donors (Lipinski definition) is 0. The molecule has 18 heavy (non-hydrogen) atoms. The van der Waals surface area contributed by atoms with Gasteiger partial charge in [-0.05, 0) is 6.07 Å². The molecule has 1 amide bonds. The molecule has 0 spiro atoms. The van der Waals surface area contributed by atoms with Gasteiger partial charge < -0.3 is 0 Å². The van der Waals surface area contributed by atoms with Crippen molar-refractivity contribution < 1.29 is 23.2 Å². The summed E-state index contributed by atoms with van der Waals surface area (Å²) in [5.74, 6) is -4.26. The number of ketones is 2. The minimum absolute atomic E-state index is 0.163. The average molecular weight is 253 g/mol. The van der Waals surface area contributed by atoms with E-state index >= 15 is 0 Å². The van der Waals surface area contributed by atoms with Crippen LogP contribution in [0.3, 0.4) is 0 Å². The quantitative estimate of drug-likeness (QED) is 0.766. The summed E-state index contributed by atoms with van der Waals surface area (Å²) < 4.78 is 26.6. The SMILES string of the molecule is CCC(=O)CN1C(=O)C(=O)c2cc(F)cc(F)c21. The molecule has 0 saturated carbocycles. The Labute approximate surface area is 101 Å². The van der Waals surface area contributed by atoms with Gasteiger partial charge in [0, 0.05) is 12.5 Å². The molecule has 1 aromatic rings. The summed E-state index contributed by atoms with van der Waals surface area (Å²) in [5, 5.41) is 0. The second-order valence-corrected chi connectivity index (χ2v) is 3.90. The predicted molar refractivity (Wildman–Crippen MR) is 58.3 cm³/mol. The van der Waals surface area contributed by atoms with Crippen LogP contribution in [-0.4, -0.2) is 24.0 Å². The first kappa shape index (κ1) is 12.3. The Morgan fingerprint density at radius 1 is 1.28 bits per heavy atom. The van der Waals surface area contributed by atoms with E-state index in [1.807, 2.05) is 0 Å². The monoisotopic (exact) mass is 253 g/mol. The fourth-order valence-corrected chi connectivity index (χ4v) is 1.79. The highest BCUT2D eigenvalue weighted by Crippen LogP contribution is 2.32. The van der Waals surface area contributed by atoms with Gasteiger partial charge in [-0.25, -0.2) is 8.78 Å². The van der Waals surface area contributed by atoms with Gasteiger partial charge in [-0.1, -0.05) is 6.92 Å². The second-order valence-electron chi connectivity index (χ2n) is 3.90. The number of fused-ring (bicyclic) bond motifs is 1. The summed E-state index contributed by atoms with van der Waals surface area (Å²) in [4.78, 5) is 35.2. The van der Waals surface area contributed by atoms with Gasteiger partial charge in [0.1, 0.15) is 5.82 Å². The van der Waals surface area contributed by atoms with Crippen LogP contribution in [0.5, 0.6) is 0 Å². The molecule has 1 aromatic carbocycles. The van der Waals surface area contributed by atoms with Crippen molar-refractivity contribution in [1.82, 2.24) is 0 Å². The van der Waals surface area contributed by atoms with Gasteiger partial charge in [-0.2, -0.15) is 0 Å². The number of anilines is 1. The number of Topliss-reactive ketones (excluding diaryl/α,β-unsaturated/α-hetero) is 2. The minimum Gasteiger partial charge on any atom is -0.298 e. The van der Waals surface area contributed by atoms with Gasteiger partial charge in [0.25, 0.3) is 11.7 Å². The van der Waals surface area contributed by atoms with Crippen molar-refractivity contribution in [2.24, 2.45) is 0 Å². The van der Waals surface area contributed by atoms with Crippen LogP contribution in [0, 0.1) is 11.6 Å². The molecule has 0 aromatic heterocycles. The number of halogens is 2. The molecular formula is C12H9F2NO3. The molecule has 1 aliphatic heterocycles.